The number of amides is 2. The standard InChI is InChI=1S/C15H25N5O/c1-2-14-19-18-10-20(14)6-5-16-15(21)17-9-13-8-11-3-4-12(13)7-11/h10-13H,2-9H2,1H3,(H2,16,17,21)/t11-,12-,13+/m0/s1. The summed E-state index contributed by atoms with van der Waals surface area (Å²) in [7, 11) is 0. The van der Waals surface area contributed by atoms with Crippen LogP contribution in [0.25, 0.3) is 0 Å². The topological polar surface area (TPSA) is 71.8 Å². The monoisotopic (exact) mass is 291 g/mol. The Morgan fingerprint density at radius 2 is 2.29 bits per heavy atom. The minimum Gasteiger partial charge on any atom is -0.338 e. The molecule has 0 unspecified atom stereocenters. The first-order valence-electron chi connectivity index (χ1n) is 8.14. The van der Waals surface area contributed by atoms with Crippen LogP contribution in [0.3, 0.4) is 0 Å². The summed E-state index contributed by atoms with van der Waals surface area (Å²) in [5.41, 5.74) is 0. The highest BCUT2D eigenvalue weighted by Gasteiger charge is 2.39. The maximum absolute atomic E-state index is 11.8. The largest absolute Gasteiger partial charge is 0.338 e. The summed E-state index contributed by atoms with van der Waals surface area (Å²) in [6.07, 6.45) is 8.05. The maximum atomic E-state index is 11.8. The van der Waals surface area contributed by atoms with Crippen LogP contribution < -0.4 is 10.6 Å². The molecule has 2 saturated carbocycles. The number of aromatic nitrogens is 3. The van der Waals surface area contributed by atoms with Crippen molar-refractivity contribution in [1.82, 2.24) is 25.4 Å². The molecule has 1 heterocycles. The fourth-order valence-electron chi connectivity index (χ4n) is 3.94. The first-order valence-corrected chi connectivity index (χ1v) is 8.14. The van der Waals surface area contributed by atoms with Gasteiger partial charge < -0.3 is 15.2 Å². The molecule has 0 spiro atoms. The van der Waals surface area contributed by atoms with Crippen LogP contribution in [0.15, 0.2) is 6.33 Å². The van der Waals surface area contributed by atoms with Crippen LogP contribution >= 0.6 is 0 Å². The van der Waals surface area contributed by atoms with E-state index in [1.165, 1.54) is 25.7 Å². The molecule has 0 aliphatic heterocycles. The minimum absolute atomic E-state index is 0.0519. The number of nitrogens with one attached hydrogen (secondary N) is 2. The summed E-state index contributed by atoms with van der Waals surface area (Å²) in [5.74, 6) is 3.46. The zero-order chi connectivity index (χ0) is 14.7. The molecule has 6 nitrogen and oxygen atoms in total. The molecule has 3 rings (SSSR count). The van der Waals surface area contributed by atoms with E-state index < -0.39 is 0 Å². The highest BCUT2D eigenvalue weighted by atomic mass is 16.2. The summed E-state index contributed by atoms with van der Waals surface area (Å²) in [6.45, 7) is 4.21. The van der Waals surface area contributed by atoms with Crippen molar-refractivity contribution in [3.63, 3.8) is 0 Å². The Labute approximate surface area is 125 Å². The molecule has 0 radical (unpaired) electrons. The highest BCUT2D eigenvalue weighted by molar-refractivity contribution is 5.73. The number of carbonyl (C=O) groups is 1. The summed E-state index contributed by atoms with van der Waals surface area (Å²) in [5, 5.41) is 13.9. The number of rotatable bonds is 6. The SMILES string of the molecule is CCc1nncn1CCNC(=O)NC[C@H]1C[C@H]2CC[C@H]1C2. The van der Waals surface area contributed by atoms with Crippen molar-refractivity contribution < 1.29 is 4.79 Å². The third-order valence-corrected chi connectivity index (χ3v) is 5.06. The number of aryl methyl sites for hydroxylation is 1. The van der Waals surface area contributed by atoms with E-state index in [2.05, 4.69) is 27.8 Å². The van der Waals surface area contributed by atoms with Crippen molar-refractivity contribution in [1.29, 1.82) is 0 Å². The number of hydrogen-bond donors (Lipinski definition) is 2. The predicted molar refractivity (Wildman–Crippen MR) is 79.7 cm³/mol. The fraction of sp³-hybridized carbons (Fsp3) is 0.800. The first kappa shape index (κ1) is 14.4. The number of hydrogen-bond acceptors (Lipinski definition) is 3. The third-order valence-electron chi connectivity index (χ3n) is 5.06. The molecule has 21 heavy (non-hydrogen) atoms. The highest BCUT2D eigenvalue weighted by Crippen LogP contribution is 2.47. The minimum atomic E-state index is -0.0519. The van der Waals surface area contributed by atoms with Gasteiger partial charge in [0.05, 0.1) is 0 Å². The Hall–Kier alpha value is -1.59. The van der Waals surface area contributed by atoms with Gasteiger partial charge in [-0.25, -0.2) is 4.79 Å². The van der Waals surface area contributed by atoms with E-state index in [9.17, 15) is 4.79 Å². The molecule has 1 aromatic heterocycles. The second-order valence-corrected chi connectivity index (χ2v) is 6.37. The van der Waals surface area contributed by atoms with Crippen LogP contribution in [0.5, 0.6) is 0 Å². The van der Waals surface area contributed by atoms with Gasteiger partial charge in [0.15, 0.2) is 0 Å². The Morgan fingerprint density at radius 1 is 1.38 bits per heavy atom. The lowest BCUT2D eigenvalue weighted by Crippen LogP contribution is -2.40. The summed E-state index contributed by atoms with van der Waals surface area (Å²) in [4.78, 5) is 11.8. The van der Waals surface area contributed by atoms with Gasteiger partial charge in [-0.05, 0) is 37.0 Å². The molecule has 2 bridgehead atoms. The van der Waals surface area contributed by atoms with Crippen LogP contribution in [0, 0.1) is 17.8 Å². The molecule has 2 aliphatic carbocycles. The quantitative estimate of drug-likeness (QED) is 0.836. The van der Waals surface area contributed by atoms with Crippen LogP contribution in [-0.2, 0) is 13.0 Å². The normalized spacial score (nSPS) is 27.0. The summed E-state index contributed by atoms with van der Waals surface area (Å²) < 4.78 is 1.98. The molecule has 0 saturated heterocycles. The van der Waals surface area contributed by atoms with E-state index in [0.29, 0.717) is 12.5 Å². The lowest BCUT2D eigenvalue weighted by Gasteiger charge is -2.21. The number of fused-ring (bicyclic) bond motifs is 2. The van der Waals surface area contributed by atoms with E-state index in [4.69, 9.17) is 0 Å². The molecule has 116 valence electrons. The average molecular weight is 291 g/mol. The first-order chi connectivity index (χ1) is 10.3. The van der Waals surface area contributed by atoms with Gasteiger partial charge in [0, 0.05) is 26.1 Å². The van der Waals surface area contributed by atoms with Crippen LogP contribution in [-0.4, -0.2) is 33.9 Å². The number of carbonyl (C=O) groups excluding carboxylic acids is 1. The Bertz CT molecular complexity index is 486. The maximum Gasteiger partial charge on any atom is 0.314 e. The lowest BCUT2D eigenvalue weighted by atomic mass is 9.89. The van der Waals surface area contributed by atoms with Crippen molar-refractivity contribution in [3.8, 4) is 0 Å². The van der Waals surface area contributed by atoms with Crippen molar-refractivity contribution in [2.45, 2.75) is 45.6 Å². The van der Waals surface area contributed by atoms with Gasteiger partial charge in [0.25, 0.3) is 0 Å². The van der Waals surface area contributed by atoms with Crippen LogP contribution in [0.4, 0.5) is 4.79 Å². The molecule has 6 heteroatoms. The van der Waals surface area contributed by atoms with Crippen molar-refractivity contribution in [2.75, 3.05) is 13.1 Å². The Morgan fingerprint density at radius 3 is 3.00 bits per heavy atom. The van der Waals surface area contributed by atoms with Gasteiger partial charge in [0.1, 0.15) is 12.2 Å². The molecule has 3 atom stereocenters. The van der Waals surface area contributed by atoms with E-state index >= 15 is 0 Å². The molecular weight excluding hydrogens is 266 g/mol. The summed E-state index contributed by atoms with van der Waals surface area (Å²) in [6, 6.07) is -0.0519. The molecule has 0 aromatic carbocycles. The molecular formula is C15H25N5O. The van der Waals surface area contributed by atoms with E-state index in [-0.39, 0.29) is 6.03 Å². The Kier molecular flexibility index (Phi) is 4.41. The molecule has 2 amide bonds. The van der Waals surface area contributed by atoms with Gasteiger partial charge in [-0.1, -0.05) is 13.3 Å². The van der Waals surface area contributed by atoms with Gasteiger partial charge >= 0.3 is 6.03 Å². The van der Waals surface area contributed by atoms with E-state index in [1.54, 1.807) is 6.33 Å². The lowest BCUT2D eigenvalue weighted by molar-refractivity contribution is 0.234. The molecule has 2 fully saturated rings. The number of urea groups is 1. The van der Waals surface area contributed by atoms with E-state index in [0.717, 1.165) is 37.2 Å². The van der Waals surface area contributed by atoms with Crippen molar-refractivity contribution in [2.24, 2.45) is 17.8 Å². The van der Waals surface area contributed by atoms with Gasteiger partial charge in [0.2, 0.25) is 0 Å². The fourth-order valence-corrected chi connectivity index (χ4v) is 3.94. The smallest absolute Gasteiger partial charge is 0.314 e. The van der Waals surface area contributed by atoms with Gasteiger partial charge in [-0.15, -0.1) is 10.2 Å². The van der Waals surface area contributed by atoms with E-state index in [1.807, 2.05) is 4.57 Å². The number of nitrogens with zero attached hydrogens (tertiary/aromatic N) is 3. The van der Waals surface area contributed by atoms with Crippen molar-refractivity contribution >= 4 is 6.03 Å². The summed E-state index contributed by atoms with van der Waals surface area (Å²) >= 11 is 0. The molecule has 1 aromatic rings. The van der Waals surface area contributed by atoms with Crippen molar-refractivity contribution in [3.05, 3.63) is 12.2 Å². The predicted octanol–water partition coefficient (Wildman–Crippen LogP) is 1.58. The van der Waals surface area contributed by atoms with Crippen LogP contribution in [0.2, 0.25) is 0 Å². The average Bonchev–Trinajstić information content (AvgIpc) is 3.21. The zero-order valence-electron chi connectivity index (χ0n) is 12.7. The van der Waals surface area contributed by atoms with Gasteiger partial charge in [-0.3, -0.25) is 0 Å². The molecule has 2 aliphatic rings. The molecule has 2 N–H and O–H groups in total. The second-order valence-electron chi connectivity index (χ2n) is 6.37. The third kappa shape index (κ3) is 3.36. The van der Waals surface area contributed by atoms with Crippen LogP contribution in [0.1, 0.15) is 38.4 Å². The van der Waals surface area contributed by atoms with Gasteiger partial charge in [-0.2, -0.15) is 0 Å². The Balaban J connectivity index is 1.33. The zero-order valence-corrected chi connectivity index (χ0v) is 12.7. The second kappa shape index (κ2) is 6.45.